The molecule has 192 valence electrons. The van der Waals surface area contributed by atoms with Crippen LogP contribution in [0.4, 0.5) is 26.3 Å². The third-order valence-corrected chi connectivity index (χ3v) is 6.14. The highest BCUT2D eigenvalue weighted by Gasteiger charge is 2.37. The molecule has 0 amide bonds. The van der Waals surface area contributed by atoms with Crippen molar-refractivity contribution in [3.05, 3.63) is 64.2 Å². The lowest BCUT2D eigenvalue weighted by molar-refractivity contribution is -0.142. The Balaban J connectivity index is 1.64. The van der Waals surface area contributed by atoms with Gasteiger partial charge in [0.05, 0.1) is 17.0 Å². The van der Waals surface area contributed by atoms with Crippen LogP contribution in [0, 0.1) is 5.92 Å². The van der Waals surface area contributed by atoms with E-state index in [1.165, 1.54) is 0 Å². The molecule has 0 bridgehead atoms. The Hall–Kier alpha value is -2.75. The molecule has 2 aromatic carbocycles. The van der Waals surface area contributed by atoms with Gasteiger partial charge < -0.3 is 14.7 Å². The lowest BCUT2D eigenvalue weighted by Crippen LogP contribution is -2.29. The van der Waals surface area contributed by atoms with Gasteiger partial charge in [-0.2, -0.15) is 26.3 Å². The van der Waals surface area contributed by atoms with Crippen LogP contribution < -0.4 is 4.74 Å². The zero-order valence-corrected chi connectivity index (χ0v) is 19.3. The van der Waals surface area contributed by atoms with Crippen molar-refractivity contribution < 1.29 is 41.0 Å². The first kappa shape index (κ1) is 26.8. The van der Waals surface area contributed by atoms with E-state index in [1.54, 1.807) is 18.9 Å². The third kappa shape index (κ3) is 7.13. The Morgan fingerprint density at radius 1 is 1.11 bits per heavy atom. The van der Waals surface area contributed by atoms with Crippen LogP contribution in [-0.4, -0.2) is 35.7 Å². The fourth-order valence-electron chi connectivity index (χ4n) is 4.15. The van der Waals surface area contributed by atoms with E-state index < -0.39 is 40.9 Å². The van der Waals surface area contributed by atoms with Crippen LogP contribution in [-0.2, 0) is 36.5 Å². The second-order valence-corrected chi connectivity index (χ2v) is 9.06. The topological polar surface area (TPSA) is 49.8 Å². The number of halogens is 6. The molecular weight excluding hydrogens is 476 g/mol. The largest absolute Gasteiger partial charge is 0.490 e. The number of benzene rings is 2. The molecule has 1 heterocycles. The lowest BCUT2D eigenvalue weighted by atomic mass is 9.95. The third-order valence-electron chi connectivity index (χ3n) is 6.14. The molecule has 10 heteroatoms. The van der Waals surface area contributed by atoms with Crippen LogP contribution in [0.15, 0.2) is 36.4 Å². The van der Waals surface area contributed by atoms with E-state index in [0.29, 0.717) is 49.8 Å². The van der Waals surface area contributed by atoms with Crippen LogP contribution in [0.2, 0.25) is 0 Å². The molecule has 0 aromatic heterocycles. The predicted octanol–water partition coefficient (Wildman–Crippen LogP) is 6.20. The number of aryl methyl sites for hydroxylation is 1. The monoisotopic (exact) mass is 503 g/mol. The van der Waals surface area contributed by atoms with Crippen molar-refractivity contribution in [3.8, 4) is 5.75 Å². The molecule has 1 N–H and O–H groups in total. The van der Waals surface area contributed by atoms with Gasteiger partial charge in [-0.3, -0.25) is 4.79 Å². The van der Waals surface area contributed by atoms with Gasteiger partial charge >= 0.3 is 18.3 Å². The summed E-state index contributed by atoms with van der Waals surface area (Å²) in [7, 11) is 1.56. The Kier molecular flexibility index (Phi) is 8.03. The normalized spacial score (nSPS) is 17.1. The van der Waals surface area contributed by atoms with E-state index in [4.69, 9.17) is 9.84 Å². The van der Waals surface area contributed by atoms with Gasteiger partial charge in [0.25, 0.3) is 0 Å². The number of alkyl halides is 6. The first-order valence-corrected chi connectivity index (χ1v) is 11.2. The second-order valence-electron chi connectivity index (χ2n) is 9.06. The summed E-state index contributed by atoms with van der Waals surface area (Å²) in [5, 5.41) is 9.11. The number of carboxylic acid groups (broad SMARTS) is 1. The summed E-state index contributed by atoms with van der Waals surface area (Å²) in [5.41, 5.74) is -0.792. The molecule has 0 spiro atoms. The Morgan fingerprint density at radius 3 is 2.46 bits per heavy atom. The number of carboxylic acids is 1. The molecule has 1 unspecified atom stereocenters. The van der Waals surface area contributed by atoms with E-state index in [9.17, 15) is 31.1 Å². The maximum Gasteiger partial charge on any atom is 0.416 e. The standard InChI is InChI=1S/C25H27F6NO3/c1-15(23(33)34)11-16-3-4-17-5-7-20(35-22(17)12-16)9-10-32(2)14-18-13-19(24(26,27)28)6-8-21(18)25(29,30)31/h3-4,6,8,12-13,15,20H,5,7,9-11,14H2,1-2H3,(H,33,34)/t15-,20?/m0/s1. The lowest BCUT2D eigenvalue weighted by Gasteiger charge is -2.28. The number of nitrogens with zero attached hydrogens (tertiary/aromatic N) is 1. The molecule has 0 aliphatic carbocycles. The van der Waals surface area contributed by atoms with Crippen molar-refractivity contribution in [1.82, 2.24) is 4.90 Å². The fourth-order valence-corrected chi connectivity index (χ4v) is 4.15. The number of hydrogen-bond donors (Lipinski definition) is 1. The zero-order chi connectivity index (χ0) is 26.0. The molecule has 35 heavy (non-hydrogen) atoms. The quantitative estimate of drug-likeness (QED) is 0.436. The smallest absolute Gasteiger partial charge is 0.416 e. The van der Waals surface area contributed by atoms with Gasteiger partial charge in [0.1, 0.15) is 11.9 Å². The minimum Gasteiger partial charge on any atom is -0.490 e. The van der Waals surface area contributed by atoms with Crippen LogP contribution in [0.25, 0.3) is 0 Å². The summed E-state index contributed by atoms with van der Waals surface area (Å²) in [6.45, 7) is 1.65. The number of aliphatic carboxylic acids is 1. The average Bonchev–Trinajstić information content (AvgIpc) is 2.76. The van der Waals surface area contributed by atoms with E-state index in [-0.39, 0.29) is 12.6 Å². The number of rotatable bonds is 8. The molecule has 0 radical (unpaired) electrons. The molecular formula is C25H27F6NO3. The SMILES string of the molecule is C[C@@H](Cc1ccc2c(c1)OC(CCN(C)Cc1cc(C(F)(F)F)ccc1C(F)(F)F)CC2)C(=O)O. The highest BCUT2D eigenvalue weighted by Crippen LogP contribution is 2.37. The van der Waals surface area contributed by atoms with Gasteiger partial charge in [-0.1, -0.05) is 19.1 Å². The van der Waals surface area contributed by atoms with E-state index in [2.05, 4.69) is 0 Å². The molecule has 0 saturated carbocycles. The fraction of sp³-hybridized carbons (Fsp3) is 0.480. The first-order valence-electron chi connectivity index (χ1n) is 11.2. The molecule has 1 aliphatic rings. The predicted molar refractivity (Wildman–Crippen MR) is 117 cm³/mol. The summed E-state index contributed by atoms with van der Waals surface area (Å²) in [6.07, 6.45) is -7.42. The van der Waals surface area contributed by atoms with Crippen molar-refractivity contribution in [2.45, 2.75) is 57.6 Å². The number of carbonyl (C=O) groups is 1. The van der Waals surface area contributed by atoms with Crippen molar-refractivity contribution >= 4 is 5.97 Å². The number of fused-ring (bicyclic) bond motifs is 1. The Morgan fingerprint density at radius 2 is 1.83 bits per heavy atom. The van der Waals surface area contributed by atoms with Gasteiger partial charge in [0.2, 0.25) is 0 Å². The van der Waals surface area contributed by atoms with Crippen molar-refractivity contribution in [3.63, 3.8) is 0 Å². The van der Waals surface area contributed by atoms with Gasteiger partial charge in [-0.15, -0.1) is 0 Å². The van der Waals surface area contributed by atoms with Crippen LogP contribution in [0.1, 0.15) is 47.6 Å². The highest BCUT2D eigenvalue weighted by atomic mass is 19.4. The van der Waals surface area contributed by atoms with Crippen molar-refractivity contribution in [2.75, 3.05) is 13.6 Å². The van der Waals surface area contributed by atoms with E-state index in [1.807, 2.05) is 18.2 Å². The number of hydrogen-bond acceptors (Lipinski definition) is 3. The summed E-state index contributed by atoms with van der Waals surface area (Å²) in [5.74, 6) is -0.770. The van der Waals surface area contributed by atoms with Gasteiger partial charge in [-0.25, -0.2) is 0 Å². The molecule has 4 nitrogen and oxygen atoms in total. The summed E-state index contributed by atoms with van der Waals surface area (Å²) in [6, 6.07) is 7.10. The molecule has 1 aliphatic heterocycles. The average molecular weight is 503 g/mol. The minimum absolute atomic E-state index is 0.208. The summed E-state index contributed by atoms with van der Waals surface area (Å²) < 4.78 is 85.2. The van der Waals surface area contributed by atoms with Gasteiger partial charge in [0, 0.05) is 13.1 Å². The zero-order valence-electron chi connectivity index (χ0n) is 19.3. The van der Waals surface area contributed by atoms with E-state index in [0.717, 1.165) is 17.5 Å². The summed E-state index contributed by atoms with van der Waals surface area (Å²) >= 11 is 0. The highest BCUT2D eigenvalue weighted by molar-refractivity contribution is 5.70. The minimum atomic E-state index is -4.76. The summed E-state index contributed by atoms with van der Waals surface area (Å²) in [4.78, 5) is 12.7. The molecule has 2 aromatic rings. The Bertz CT molecular complexity index is 1050. The van der Waals surface area contributed by atoms with Crippen molar-refractivity contribution in [1.29, 1.82) is 0 Å². The molecule has 0 fully saturated rings. The Labute approximate surface area is 199 Å². The van der Waals surface area contributed by atoms with Crippen LogP contribution in [0.5, 0.6) is 5.75 Å². The van der Waals surface area contributed by atoms with Crippen LogP contribution >= 0.6 is 0 Å². The molecule has 0 saturated heterocycles. The van der Waals surface area contributed by atoms with Crippen LogP contribution in [0.3, 0.4) is 0 Å². The van der Waals surface area contributed by atoms with E-state index >= 15 is 0 Å². The molecule has 2 atom stereocenters. The second kappa shape index (κ2) is 10.5. The number of ether oxygens (including phenoxy) is 1. The van der Waals surface area contributed by atoms with Gasteiger partial charge in [-0.05, 0) is 73.7 Å². The molecule has 3 rings (SSSR count). The first-order chi connectivity index (χ1) is 16.2. The van der Waals surface area contributed by atoms with Crippen molar-refractivity contribution in [2.24, 2.45) is 5.92 Å². The van der Waals surface area contributed by atoms with Gasteiger partial charge in [0.15, 0.2) is 0 Å². The maximum absolute atomic E-state index is 13.3. The maximum atomic E-state index is 13.3.